The zero-order valence-electron chi connectivity index (χ0n) is 12.8. The Morgan fingerprint density at radius 2 is 1.95 bits per heavy atom. The van der Waals surface area contributed by atoms with Crippen LogP contribution in [0.15, 0.2) is 24.3 Å². The van der Waals surface area contributed by atoms with E-state index >= 15 is 0 Å². The third-order valence-electron chi connectivity index (χ3n) is 4.03. The van der Waals surface area contributed by atoms with Crippen LogP contribution < -0.4 is 0 Å². The summed E-state index contributed by atoms with van der Waals surface area (Å²) in [4.78, 5) is 18.2. The number of carbonyl (C=O) groups excluding carboxylic acids is 1. The number of para-hydroxylation sites is 1. The van der Waals surface area contributed by atoms with Crippen molar-refractivity contribution in [3.05, 3.63) is 35.5 Å². The van der Waals surface area contributed by atoms with Crippen LogP contribution in [0.3, 0.4) is 0 Å². The quantitative estimate of drug-likeness (QED) is 0.883. The Hall–Kier alpha value is -1.65. The van der Waals surface area contributed by atoms with E-state index in [1.54, 1.807) is 0 Å². The van der Waals surface area contributed by atoms with E-state index in [9.17, 15) is 4.79 Å². The summed E-state index contributed by atoms with van der Waals surface area (Å²) in [5.41, 5.74) is 2.81. The number of fused-ring (bicyclic) bond motifs is 1. The average Bonchev–Trinajstić information content (AvgIpc) is 2.73. The third kappa shape index (κ3) is 2.87. The van der Waals surface area contributed by atoms with Gasteiger partial charge in [-0.2, -0.15) is 0 Å². The highest BCUT2D eigenvalue weighted by molar-refractivity contribution is 6.10. The molecule has 1 aliphatic rings. The molecule has 4 nitrogen and oxygen atoms in total. The molecule has 21 heavy (non-hydrogen) atoms. The molecule has 1 saturated heterocycles. The highest BCUT2D eigenvalue weighted by atomic mass is 16.5. The Bertz CT molecular complexity index is 652. The van der Waals surface area contributed by atoms with Gasteiger partial charge in [-0.25, -0.2) is 0 Å². The number of aromatic amines is 1. The fraction of sp³-hybridized carbons (Fsp3) is 0.471. The second-order valence-electron chi connectivity index (χ2n) is 6.05. The maximum Gasteiger partial charge on any atom is 0.179 e. The van der Waals surface area contributed by atoms with Crippen LogP contribution in [0.1, 0.15) is 29.9 Å². The van der Waals surface area contributed by atoms with Gasteiger partial charge < -0.3 is 9.72 Å². The van der Waals surface area contributed by atoms with Gasteiger partial charge in [0, 0.05) is 35.2 Å². The zero-order chi connectivity index (χ0) is 15.0. The number of hydrogen-bond donors (Lipinski definition) is 1. The molecule has 0 aliphatic carbocycles. The molecule has 1 aromatic carbocycles. The molecule has 0 bridgehead atoms. The van der Waals surface area contributed by atoms with Crippen LogP contribution in [0.4, 0.5) is 0 Å². The number of H-pyrrole nitrogens is 1. The molecule has 1 aromatic heterocycles. The largest absolute Gasteiger partial charge is 0.373 e. The lowest BCUT2D eigenvalue weighted by atomic mass is 10.1. The first-order chi connectivity index (χ1) is 10.0. The molecule has 1 fully saturated rings. The van der Waals surface area contributed by atoms with Crippen LogP contribution in [-0.4, -0.2) is 47.5 Å². The van der Waals surface area contributed by atoms with E-state index in [1.165, 1.54) is 0 Å². The number of benzene rings is 1. The highest BCUT2D eigenvalue weighted by Gasteiger charge is 2.25. The number of aryl methyl sites for hydroxylation is 1. The van der Waals surface area contributed by atoms with Gasteiger partial charge >= 0.3 is 0 Å². The summed E-state index contributed by atoms with van der Waals surface area (Å²) in [6.45, 7) is 8.18. The van der Waals surface area contributed by atoms with E-state index in [4.69, 9.17) is 4.74 Å². The maximum absolute atomic E-state index is 12.7. The van der Waals surface area contributed by atoms with Crippen molar-refractivity contribution in [2.45, 2.75) is 33.0 Å². The molecule has 2 aromatic rings. The van der Waals surface area contributed by atoms with Crippen LogP contribution in [0.5, 0.6) is 0 Å². The molecule has 1 N–H and O–H groups in total. The summed E-state index contributed by atoms with van der Waals surface area (Å²) < 4.78 is 5.72. The number of ketones is 1. The van der Waals surface area contributed by atoms with E-state index < -0.39 is 0 Å². The Labute approximate surface area is 125 Å². The summed E-state index contributed by atoms with van der Waals surface area (Å²) in [5.74, 6) is 0.186. The zero-order valence-corrected chi connectivity index (χ0v) is 12.8. The molecule has 2 heterocycles. The number of ether oxygens (including phenoxy) is 1. The number of Topliss-reactive ketones (excluding diaryl/α,β-unsaturated/α-hetero) is 1. The normalized spacial score (nSPS) is 23.6. The van der Waals surface area contributed by atoms with Gasteiger partial charge in [0.2, 0.25) is 0 Å². The maximum atomic E-state index is 12.7. The second kappa shape index (κ2) is 5.62. The predicted molar refractivity (Wildman–Crippen MR) is 83.8 cm³/mol. The van der Waals surface area contributed by atoms with Crippen molar-refractivity contribution < 1.29 is 9.53 Å². The van der Waals surface area contributed by atoms with Gasteiger partial charge in [0.1, 0.15) is 0 Å². The summed E-state index contributed by atoms with van der Waals surface area (Å²) in [7, 11) is 0. The minimum absolute atomic E-state index is 0.186. The number of carbonyl (C=O) groups is 1. The van der Waals surface area contributed by atoms with Gasteiger partial charge in [0.25, 0.3) is 0 Å². The van der Waals surface area contributed by atoms with E-state index in [0.29, 0.717) is 6.54 Å². The standard InChI is InChI=1S/C17H22N2O2/c1-11-8-19(9-12(2)21-11)10-16(20)17-13(3)18-15-7-5-4-6-14(15)17/h4-7,11-12,18H,8-10H2,1-3H3/t11-,12-/m1/s1. The minimum atomic E-state index is 0.186. The monoisotopic (exact) mass is 286 g/mol. The van der Waals surface area contributed by atoms with Crippen molar-refractivity contribution in [1.82, 2.24) is 9.88 Å². The second-order valence-corrected chi connectivity index (χ2v) is 6.05. The van der Waals surface area contributed by atoms with Crippen LogP contribution in [0.25, 0.3) is 10.9 Å². The van der Waals surface area contributed by atoms with E-state index in [2.05, 4.69) is 23.7 Å². The fourth-order valence-corrected chi connectivity index (χ4v) is 3.33. The van der Waals surface area contributed by atoms with Gasteiger partial charge in [-0.15, -0.1) is 0 Å². The molecule has 1 aliphatic heterocycles. The van der Waals surface area contributed by atoms with Crippen LogP contribution in [0, 0.1) is 6.92 Å². The molecule has 0 unspecified atom stereocenters. The molecule has 4 heteroatoms. The van der Waals surface area contributed by atoms with Crippen molar-refractivity contribution in [1.29, 1.82) is 0 Å². The molecular formula is C17H22N2O2. The molecule has 2 atom stereocenters. The number of rotatable bonds is 3. The molecular weight excluding hydrogens is 264 g/mol. The van der Waals surface area contributed by atoms with Crippen molar-refractivity contribution in [2.75, 3.05) is 19.6 Å². The van der Waals surface area contributed by atoms with Crippen LogP contribution in [0.2, 0.25) is 0 Å². The van der Waals surface area contributed by atoms with E-state index in [-0.39, 0.29) is 18.0 Å². The summed E-state index contributed by atoms with van der Waals surface area (Å²) in [5, 5.41) is 1.02. The average molecular weight is 286 g/mol. The van der Waals surface area contributed by atoms with Gasteiger partial charge in [0.05, 0.1) is 18.8 Å². The lowest BCUT2D eigenvalue weighted by Gasteiger charge is -2.34. The molecule has 112 valence electrons. The van der Waals surface area contributed by atoms with Gasteiger partial charge in [-0.05, 0) is 26.8 Å². The predicted octanol–water partition coefficient (Wildman–Crippen LogP) is 2.77. The van der Waals surface area contributed by atoms with Crippen molar-refractivity contribution >= 4 is 16.7 Å². The lowest BCUT2D eigenvalue weighted by Crippen LogP contribution is -2.47. The Kier molecular flexibility index (Phi) is 3.83. The number of hydrogen-bond acceptors (Lipinski definition) is 3. The molecule has 0 spiro atoms. The fourth-order valence-electron chi connectivity index (χ4n) is 3.33. The summed E-state index contributed by atoms with van der Waals surface area (Å²) in [6, 6.07) is 7.98. The van der Waals surface area contributed by atoms with Crippen LogP contribution >= 0.6 is 0 Å². The Balaban J connectivity index is 1.82. The summed E-state index contributed by atoms with van der Waals surface area (Å²) >= 11 is 0. The van der Waals surface area contributed by atoms with Crippen molar-refractivity contribution in [2.24, 2.45) is 0 Å². The van der Waals surface area contributed by atoms with E-state index in [1.807, 2.05) is 31.2 Å². The first-order valence-electron chi connectivity index (χ1n) is 7.53. The number of aromatic nitrogens is 1. The molecule has 0 saturated carbocycles. The van der Waals surface area contributed by atoms with Gasteiger partial charge in [0.15, 0.2) is 5.78 Å². The SMILES string of the molecule is Cc1[nH]c2ccccc2c1C(=O)CN1C[C@@H](C)O[C@H](C)C1. The topological polar surface area (TPSA) is 45.3 Å². The van der Waals surface area contributed by atoms with Gasteiger partial charge in [-0.3, -0.25) is 9.69 Å². The van der Waals surface area contributed by atoms with Crippen molar-refractivity contribution in [3.8, 4) is 0 Å². The minimum Gasteiger partial charge on any atom is -0.373 e. The number of nitrogens with one attached hydrogen (secondary N) is 1. The number of morpholine rings is 1. The summed E-state index contributed by atoms with van der Waals surface area (Å²) in [6.07, 6.45) is 0.372. The highest BCUT2D eigenvalue weighted by Crippen LogP contribution is 2.23. The molecule has 0 radical (unpaired) electrons. The van der Waals surface area contributed by atoms with Crippen LogP contribution in [-0.2, 0) is 4.74 Å². The first-order valence-corrected chi connectivity index (χ1v) is 7.53. The molecule has 0 amide bonds. The Morgan fingerprint density at radius 3 is 2.67 bits per heavy atom. The Morgan fingerprint density at radius 1 is 1.29 bits per heavy atom. The van der Waals surface area contributed by atoms with Gasteiger partial charge in [-0.1, -0.05) is 18.2 Å². The number of nitrogens with zero attached hydrogens (tertiary/aromatic N) is 1. The van der Waals surface area contributed by atoms with Crippen molar-refractivity contribution in [3.63, 3.8) is 0 Å². The third-order valence-corrected chi connectivity index (χ3v) is 4.03. The van der Waals surface area contributed by atoms with E-state index in [0.717, 1.165) is 35.2 Å². The molecule has 3 rings (SSSR count). The smallest absolute Gasteiger partial charge is 0.179 e. The lowest BCUT2D eigenvalue weighted by molar-refractivity contribution is -0.0652. The first kappa shape index (κ1) is 14.3.